The van der Waals surface area contributed by atoms with E-state index in [1.165, 1.54) is 5.56 Å². The molecule has 11 heavy (non-hydrogen) atoms. The maximum atomic E-state index is 8.94. The van der Waals surface area contributed by atoms with Gasteiger partial charge in [-0.15, -0.1) is 6.58 Å². The maximum absolute atomic E-state index is 8.94. The van der Waals surface area contributed by atoms with Crippen LogP contribution in [-0.2, 0) is 6.42 Å². The third kappa shape index (κ3) is 2.03. The lowest BCUT2D eigenvalue weighted by atomic mass is 10.1. The van der Waals surface area contributed by atoms with E-state index in [-0.39, 0.29) is 9.76 Å². The molecule has 1 N–H and O–H groups in total. The molecule has 0 bridgehead atoms. The van der Waals surface area contributed by atoms with E-state index in [0.717, 1.165) is 11.6 Å². The lowest BCUT2D eigenvalue weighted by Gasteiger charge is -2.01. The Labute approximate surface area is 69.3 Å². The molecule has 0 saturated carbocycles. The normalized spacial score (nSPS) is 9.55. The first-order valence-electron chi connectivity index (χ1n) is 3.47. The second-order valence-electron chi connectivity index (χ2n) is 2.26. The zero-order valence-corrected chi connectivity index (χ0v) is 7.25. The summed E-state index contributed by atoms with van der Waals surface area (Å²) >= 11 is 0. The lowest BCUT2D eigenvalue weighted by Crippen LogP contribution is -2.17. The summed E-state index contributed by atoms with van der Waals surface area (Å²) < 4.78 is 0. The predicted molar refractivity (Wildman–Crippen MR) is 47.9 cm³/mol. The summed E-state index contributed by atoms with van der Waals surface area (Å²) in [6, 6.07) is 7.87. The topological polar surface area (TPSA) is 20.2 Å². The van der Waals surface area contributed by atoms with Crippen LogP contribution in [0, 0.1) is 0 Å². The third-order valence-electron chi connectivity index (χ3n) is 1.50. The highest BCUT2D eigenvalue weighted by atomic mass is 28.2. The first kappa shape index (κ1) is 8.24. The largest absolute Gasteiger partial charge is 0.428 e. The minimum absolute atomic E-state index is 0.109. The number of benzene rings is 1. The van der Waals surface area contributed by atoms with Gasteiger partial charge >= 0.3 is 0 Å². The predicted octanol–water partition coefficient (Wildman–Crippen LogP) is 0.652. The summed E-state index contributed by atoms with van der Waals surface area (Å²) in [6.45, 7) is 3.65. The minimum Gasteiger partial charge on any atom is -0.428 e. The molecule has 0 fully saturated rings. The minimum atomic E-state index is -0.109. The van der Waals surface area contributed by atoms with Crippen LogP contribution >= 0.6 is 0 Å². The Hall–Kier alpha value is -0.863. The molecule has 0 atom stereocenters. The number of allylic oxidation sites excluding steroid dienone is 1. The van der Waals surface area contributed by atoms with Gasteiger partial charge in [0, 0.05) is 0 Å². The van der Waals surface area contributed by atoms with Gasteiger partial charge in [0.1, 0.15) is 0 Å². The van der Waals surface area contributed by atoms with Crippen molar-refractivity contribution in [3.63, 3.8) is 0 Å². The van der Waals surface area contributed by atoms with Crippen LogP contribution in [0.4, 0.5) is 0 Å². The van der Waals surface area contributed by atoms with Crippen LogP contribution in [0.5, 0.6) is 0 Å². The van der Waals surface area contributed by atoms with E-state index < -0.39 is 0 Å². The molecule has 0 aliphatic heterocycles. The first-order valence-corrected chi connectivity index (χ1v) is 4.42. The van der Waals surface area contributed by atoms with E-state index in [0.29, 0.717) is 0 Å². The van der Waals surface area contributed by atoms with E-state index in [2.05, 4.69) is 6.58 Å². The van der Waals surface area contributed by atoms with Crippen molar-refractivity contribution in [3.05, 3.63) is 42.5 Å². The van der Waals surface area contributed by atoms with Crippen molar-refractivity contribution in [2.24, 2.45) is 0 Å². The van der Waals surface area contributed by atoms with Crippen molar-refractivity contribution >= 4 is 14.9 Å². The van der Waals surface area contributed by atoms with Gasteiger partial charge in [0.05, 0.1) is 0 Å². The van der Waals surface area contributed by atoms with E-state index in [1.54, 1.807) is 0 Å². The molecule has 0 aliphatic carbocycles. The van der Waals surface area contributed by atoms with Crippen LogP contribution in [0.1, 0.15) is 5.56 Å². The highest BCUT2D eigenvalue weighted by Crippen LogP contribution is 1.96. The summed E-state index contributed by atoms with van der Waals surface area (Å²) in [5.41, 5.74) is 1.17. The highest BCUT2D eigenvalue weighted by molar-refractivity contribution is 6.46. The fourth-order valence-corrected chi connectivity index (χ4v) is 1.46. The average Bonchev–Trinajstić information content (AvgIpc) is 2.06. The molecule has 2 radical (unpaired) electrons. The van der Waals surface area contributed by atoms with Gasteiger partial charge in [0.2, 0.25) is 0 Å². The number of hydrogen-bond donors (Lipinski definition) is 1. The molecule has 0 unspecified atom stereocenters. The van der Waals surface area contributed by atoms with Gasteiger partial charge in [-0.1, -0.05) is 30.3 Å². The average molecular weight is 162 g/mol. The Morgan fingerprint density at radius 3 is 2.82 bits per heavy atom. The fourth-order valence-electron chi connectivity index (χ4n) is 0.963. The van der Waals surface area contributed by atoms with Crippen LogP contribution in [0.15, 0.2) is 36.9 Å². The molecule has 1 aromatic rings. The second kappa shape index (κ2) is 4.11. The fraction of sp³-hybridized carbons (Fsp3) is 0.111. The zero-order valence-electron chi connectivity index (χ0n) is 6.25. The van der Waals surface area contributed by atoms with E-state index in [4.69, 9.17) is 4.80 Å². The SMILES string of the molecule is C=CCc1ccccc1[Si]O. The molecule has 0 amide bonds. The third-order valence-corrected chi connectivity index (χ3v) is 2.23. The molecule has 1 nitrogen and oxygen atoms in total. The monoisotopic (exact) mass is 162 g/mol. The molecular formula is C9H10OSi. The van der Waals surface area contributed by atoms with Crippen LogP contribution < -0.4 is 5.19 Å². The standard InChI is InChI=1S/C9H10OSi/c1-2-5-8-6-3-4-7-9(8)11-10/h2-4,6-7,10H,1,5H2. The van der Waals surface area contributed by atoms with Gasteiger partial charge in [-0.25, -0.2) is 0 Å². The molecule has 0 spiro atoms. The van der Waals surface area contributed by atoms with Crippen molar-refractivity contribution in [1.82, 2.24) is 0 Å². The van der Waals surface area contributed by atoms with Gasteiger partial charge in [-0.05, 0) is 17.2 Å². The van der Waals surface area contributed by atoms with Crippen molar-refractivity contribution in [3.8, 4) is 0 Å². The Kier molecular flexibility index (Phi) is 3.07. The van der Waals surface area contributed by atoms with Crippen LogP contribution in [0.3, 0.4) is 0 Å². The van der Waals surface area contributed by atoms with E-state index in [1.807, 2.05) is 30.3 Å². The Morgan fingerprint density at radius 1 is 1.45 bits per heavy atom. The molecule has 0 aliphatic rings. The maximum Gasteiger partial charge on any atom is 0.265 e. The van der Waals surface area contributed by atoms with Crippen LogP contribution in [0.25, 0.3) is 0 Å². The van der Waals surface area contributed by atoms with Crippen molar-refractivity contribution < 1.29 is 4.80 Å². The molecule has 0 aromatic heterocycles. The Morgan fingerprint density at radius 2 is 2.18 bits per heavy atom. The van der Waals surface area contributed by atoms with E-state index in [9.17, 15) is 0 Å². The first-order chi connectivity index (χ1) is 5.38. The van der Waals surface area contributed by atoms with E-state index >= 15 is 0 Å². The summed E-state index contributed by atoms with van der Waals surface area (Å²) in [5, 5.41) is 1.02. The molecule has 0 heterocycles. The van der Waals surface area contributed by atoms with Crippen LogP contribution in [0.2, 0.25) is 0 Å². The van der Waals surface area contributed by atoms with Crippen molar-refractivity contribution in [2.75, 3.05) is 0 Å². The molecule has 1 rings (SSSR count). The van der Waals surface area contributed by atoms with Gasteiger partial charge in [0.25, 0.3) is 9.76 Å². The highest BCUT2D eigenvalue weighted by Gasteiger charge is 1.98. The molecule has 0 saturated heterocycles. The summed E-state index contributed by atoms with van der Waals surface area (Å²) in [4.78, 5) is 8.94. The number of rotatable bonds is 3. The lowest BCUT2D eigenvalue weighted by molar-refractivity contribution is 0.615. The van der Waals surface area contributed by atoms with Crippen molar-refractivity contribution in [1.29, 1.82) is 0 Å². The summed E-state index contributed by atoms with van der Waals surface area (Å²) in [7, 11) is -0.109. The second-order valence-corrected chi connectivity index (χ2v) is 3.02. The molecule has 56 valence electrons. The summed E-state index contributed by atoms with van der Waals surface area (Å²) in [5.74, 6) is 0. The smallest absolute Gasteiger partial charge is 0.265 e. The van der Waals surface area contributed by atoms with Gasteiger partial charge in [-0.3, -0.25) is 0 Å². The summed E-state index contributed by atoms with van der Waals surface area (Å²) in [6.07, 6.45) is 2.68. The quantitative estimate of drug-likeness (QED) is 0.511. The Balaban J connectivity index is 2.92. The number of hydrogen-bond acceptors (Lipinski definition) is 1. The molecule has 1 aromatic carbocycles. The van der Waals surface area contributed by atoms with Crippen LogP contribution in [-0.4, -0.2) is 14.6 Å². The molecular weight excluding hydrogens is 152 g/mol. The van der Waals surface area contributed by atoms with Gasteiger partial charge in [-0.2, -0.15) is 0 Å². The van der Waals surface area contributed by atoms with Crippen molar-refractivity contribution in [2.45, 2.75) is 6.42 Å². The zero-order chi connectivity index (χ0) is 8.10. The Bertz CT molecular complexity index is 245. The van der Waals surface area contributed by atoms with Gasteiger partial charge < -0.3 is 4.80 Å². The van der Waals surface area contributed by atoms with Gasteiger partial charge in [0.15, 0.2) is 0 Å². The molecule has 2 heteroatoms.